The first-order valence-corrected chi connectivity index (χ1v) is 6.04. The largest absolute Gasteiger partial charge is 0.307 e. The molecule has 0 radical (unpaired) electrons. The van der Waals surface area contributed by atoms with Crippen molar-refractivity contribution in [2.75, 3.05) is 5.32 Å². The third-order valence-corrected chi connectivity index (χ3v) is 3.09. The van der Waals surface area contributed by atoms with Gasteiger partial charge in [0, 0.05) is 17.6 Å². The van der Waals surface area contributed by atoms with Crippen LogP contribution in [0.3, 0.4) is 0 Å². The number of nitrogens with zero attached hydrogens (tertiary/aromatic N) is 2. The minimum Gasteiger partial charge on any atom is -0.307 e. The van der Waals surface area contributed by atoms with Gasteiger partial charge in [-0.2, -0.15) is 5.10 Å². The molecule has 0 unspecified atom stereocenters. The molecule has 0 bridgehead atoms. The maximum Gasteiger partial charge on any atom is 0.260 e. The van der Waals surface area contributed by atoms with E-state index < -0.39 is 11.7 Å². The van der Waals surface area contributed by atoms with E-state index in [9.17, 15) is 9.18 Å². The highest BCUT2D eigenvalue weighted by molar-refractivity contribution is 9.10. The average molecular weight is 312 g/mol. The summed E-state index contributed by atoms with van der Waals surface area (Å²) < 4.78 is 15.5. The van der Waals surface area contributed by atoms with Crippen molar-refractivity contribution >= 4 is 27.7 Å². The number of anilines is 1. The monoisotopic (exact) mass is 311 g/mol. The highest BCUT2D eigenvalue weighted by Crippen LogP contribution is 2.21. The lowest BCUT2D eigenvalue weighted by molar-refractivity contribution is 0.102. The number of aromatic nitrogens is 2. The van der Waals surface area contributed by atoms with E-state index in [-0.39, 0.29) is 5.56 Å². The molecule has 1 aromatic heterocycles. The zero-order valence-corrected chi connectivity index (χ0v) is 11.5. The van der Waals surface area contributed by atoms with E-state index in [0.717, 1.165) is 5.69 Å². The van der Waals surface area contributed by atoms with Crippen molar-refractivity contribution in [2.24, 2.45) is 7.05 Å². The molecule has 0 aliphatic rings. The molecule has 2 aromatic rings. The molecule has 0 saturated carbocycles. The predicted molar refractivity (Wildman–Crippen MR) is 70.0 cm³/mol. The smallest absolute Gasteiger partial charge is 0.260 e. The molecule has 1 amide bonds. The summed E-state index contributed by atoms with van der Waals surface area (Å²) in [6.45, 7) is 1.81. The fourth-order valence-electron chi connectivity index (χ4n) is 1.62. The summed E-state index contributed by atoms with van der Waals surface area (Å²) in [5.41, 5.74) is 0.761. The Bertz CT molecular complexity index is 589. The van der Waals surface area contributed by atoms with E-state index in [0.29, 0.717) is 10.3 Å². The minimum atomic E-state index is -0.569. The molecular formula is C12H11BrFN3O. The van der Waals surface area contributed by atoms with Gasteiger partial charge in [0.2, 0.25) is 0 Å². The second-order valence-corrected chi connectivity index (χ2v) is 4.70. The van der Waals surface area contributed by atoms with Crippen LogP contribution < -0.4 is 5.32 Å². The average Bonchev–Trinajstić information content (AvgIpc) is 2.57. The fraction of sp³-hybridized carbons (Fsp3) is 0.167. The van der Waals surface area contributed by atoms with Crippen LogP contribution in [0.15, 0.2) is 28.7 Å². The molecule has 4 nitrogen and oxygen atoms in total. The minimum absolute atomic E-state index is 0.0173. The maximum atomic E-state index is 13.6. The summed E-state index contributed by atoms with van der Waals surface area (Å²) in [6, 6.07) is 6.11. The topological polar surface area (TPSA) is 46.9 Å². The Kier molecular flexibility index (Phi) is 3.47. The van der Waals surface area contributed by atoms with Gasteiger partial charge in [-0.3, -0.25) is 9.48 Å². The van der Waals surface area contributed by atoms with Gasteiger partial charge < -0.3 is 5.32 Å². The van der Waals surface area contributed by atoms with Crippen LogP contribution in [0.1, 0.15) is 16.1 Å². The van der Waals surface area contributed by atoms with Crippen molar-refractivity contribution in [1.29, 1.82) is 0 Å². The summed E-state index contributed by atoms with van der Waals surface area (Å²) in [5, 5.41) is 6.72. The number of aryl methyl sites for hydroxylation is 2. The highest BCUT2D eigenvalue weighted by atomic mass is 79.9. The van der Waals surface area contributed by atoms with Crippen LogP contribution >= 0.6 is 15.9 Å². The zero-order valence-electron chi connectivity index (χ0n) is 9.87. The van der Waals surface area contributed by atoms with Crippen molar-refractivity contribution < 1.29 is 9.18 Å². The number of hydrogen-bond acceptors (Lipinski definition) is 2. The van der Waals surface area contributed by atoms with Gasteiger partial charge in [0.05, 0.1) is 11.3 Å². The van der Waals surface area contributed by atoms with E-state index in [1.165, 1.54) is 16.8 Å². The lowest BCUT2D eigenvalue weighted by Gasteiger charge is -2.07. The maximum absolute atomic E-state index is 13.6. The SMILES string of the molecule is Cc1cc(NC(=O)c2c(F)cccc2Br)n(C)n1. The Morgan fingerprint density at radius 1 is 1.50 bits per heavy atom. The Hall–Kier alpha value is -1.69. The van der Waals surface area contributed by atoms with Gasteiger partial charge in [-0.05, 0) is 35.0 Å². The third kappa shape index (κ3) is 2.43. The molecule has 6 heteroatoms. The standard InChI is InChI=1S/C12H11BrFN3O/c1-7-6-10(17(2)16-7)15-12(18)11-8(13)4-3-5-9(11)14/h3-6H,1-2H3,(H,15,18). The summed E-state index contributed by atoms with van der Waals surface area (Å²) in [4.78, 5) is 12.0. The van der Waals surface area contributed by atoms with Gasteiger partial charge in [0.15, 0.2) is 0 Å². The first-order valence-electron chi connectivity index (χ1n) is 5.25. The fourth-order valence-corrected chi connectivity index (χ4v) is 2.14. The lowest BCUT2D eigenvalue weighted by Crippen LogP contribution is -2.16. The molecule has 0 spiro atoms. The quantitative estimate of drug-likeness (QED) is 0.927. The van der Waals surface area contributed by atoms with Crippen LogP contribution in [0.2, 0.25) is 0 Å². The van der Waals surface area contributed by atoms with Gasteiger partial charge in [0.25, 0.3) is 5.91 Å². The molecular weight excluding hydrogens is 301 g/mol. The second kappa shape index (κ2) is 4.89. The van der Waals surface area contributed by atoms with Crippen molar-refractivity contribution in [3.05, 3.63) is 45.8 Å². The number of benzene rings is 1. The Morgan fingerprint density at radius 3 is 2.78 bits per heavy atom. The van der Waals surface area contributed by atoms with E-state index >= 15 is 0 Å². The molecule has 18 heavy (non-hydrogen) atoms. The number of carbonyl (C=O) groups excluding carboxylic acids is 1. The highest BCUT2D eigenvalue weighted by Gasteiger charge is 2.16. The number of amides is 1. The van der Waals surface area contributed by atoms with Gasteiger partial charge in [-0.1, -0.05) is 6.07 Å². The predicted octanol–water partition coefficient (Wildman–Crippen LogP) is 2.88. The zero-order chi connectivity index (χ0) is 13.3. The molecule has 0 aliphatic heterocycles. The normalized spacial score (nSPS) is 10.4. The Balaban J connectivity index is 2.30. The van der Waals surface area contributed by atoms with E-state index in [4.69, 9.17) is 0 Å². The molecule has 1 aromatic carbocycles. The molecule has 1 N–H and O–H groups in total. The summed E-state index contributed by atoms with van der Waals surface area (Å²) in [5.74, 6) is -0.559. The first kappa shape index (κ1) is 12.8. The van der Waals surface area contributed by atoms with Crippen molar-refractivity contribution in [2.45, 2.75) is 6.92 Å². The number of carbonyl (C=O) groups is 1. The Labute approximate surface area is 112 Å². The van der Waals surface area contributed by atoms with E-state index in [2.05, 4.69) is 26.3 Å². The van der Waals surface area contributed by atoms with Gasteiger partial charge in [-0.25, -0.2) is 4.39 Å². The van der Waals surface area contributed by atoms with E-state index in [1.54, 1.807) is 19.2 Å². The van der Waals surface area contributed by atoms with Crippen LogP contribution in [0.5, 0.6) is 0 Å². The second-order valence-electron chi connectivity index (χ2n) is 3.85. The Morgan fingerprint density at radius 2 is 2.22 bits per heavy atom. The van der Waals surface area contributed by atoms with Crippen molar-refractivity contribution in [3.63, 3.8) is 0 Å². The van der Waals surface area contributed by atoms with Crippen LogP contribution in [-0.2, 0) is 7.05 Å². The first-order chi connectivity index (χ1) is 8.49. The molecule has 94 valence electrons. The van der Waals surface area contributed by atoms with Crippen molar-refractivity contribution in [1.82, 2.24) is 9.78 Å². The van der Waals surface area contributed by atoms with Crippen LogP contribution in [0, 0.1) is 12.7 Å². The summed E-state index contributed by atoms with van der Waals surface area (Å²) in [6.07, 6.45) is 0. The van der Waals surface area contributed by atoms with Gasteiger partial charge >= 0.3 is 0 Å². The number of hydrogen-bond donors (Lipinski definition) is 1. The number of rotatable bonds is 2. The van der Waals surface area contributed by atoms with Crippen molar-refractivity contribution in [3.8, 4) is 0 Å². The molecule has 0 atom stereocenters. The molecule has 0 aliphatic carbocycles. The lowest BCUT2D eigenvalue weighted by atomic mass is 10.2. The van der Waals surface area contributed by atoms with Gasteiger partial charge in [-0.15, -0.1) is 0 Å². The number of halogens is 2. The molecule has 0 saturated heterocycles. The summed E-state index contributed by atoms with van der Waals surface area (Å²) >= 11 is 3.16. The van der Waals surface area contributed by atoms with Crippen LogP contribution in [-0.4, -0.2) is 15.7 Å². The van der Waals surface area contributed by atoms with Crippen LogP contribution in [0.25, 0.3) is 0 Å². The summed E-state index contributed by atoms with van der Waals surface area (Å²) in [7, 11) is 1.71. The molecule has 1 heterocycles. The third-order valence-electron chi connectivity index (χ3n) is 2.43. The molecule has 0 fully saturated rings. The number of nitrogens with one attached hydrogen (secondary N) is 1. The van der Waals surface area contributed by atoms with Gasteiger partial charge in [0.1, 0.15) is 11.6 Å². The molecule has 2 rings (SSSR count). The van der Waals surface area contributed by atoms with Crippen LogP contribution in [0.4, 0.5) is 10.2 Å². The van der Waals surface area contributed by atoms with E-state index in [1.807, 2.05) is 6.92 Å².